The van der Waals surface area contributed by atoms with E-state index >= 15 is 0 Å². The summed E-state index contributed by atoms with van der Waals surface area (Å²) in [4.78, 5) is 12.0. The van der Waals surface area contributed by atoms with Crippen LogP contribution in [-0.4, -0.2) is 86.6 Å². The topological polar surface area (TPSA) is 46.1 Å². The van der Waals surface area contributed by atoms with Crippen LogP contribution in [0.2, 0.25) is 0 Å². The van der Waals surface area contributed by atoms with Gasteiger partial charge in [0.15, 0.2) is 5.96 Å². The van der Waals surface area contributed by atoms with Crippen LogP contribution in [0.1, 0.15) is 43.7 Å². The minimum Gasteiger partial charge on any atom is -0.356 e. The fourth-order valence-electron chi connectivity index (χ4n) is 4.41. The molecule has 1 atom stereocenters. The Morgan fingerprint density at radius 2 is 1.73 bits per heavy atom. The number of nitrogens with one attached hydrogen (secondary N) is 2. The molecule has 2 heterocycles. The van der Waals surface area contributed by atoms with Crippen LogP contribution in [0.5, 0.6) is 0 Å². The smallest absolute Gasteiger partial charge is 0.191 e. The minimum absolute atomic E-state index is 0.746. The van der Waals surface area contributed by atoms with Crippen LogP contribution in [0.4, 0.5) is 0 Å². The van der Waals surface area contributed by atoms with Crippen molar-refractivity contribution in [2.24, 2.45) is 4.99 Å². The van der Waals surface area contributed by atoms with Gasteiger partial charge in [0.2, 0.25) is 0 Å². The van der Waals surface area contributed by atoms with Crippen molar-refractivity contribution in [3.63, 3.8) is 0 Å². The van der Waals surface area contributed by atoms with Gasteiger partial charge in [-0.05, 0) is 50.9 Å². The molecule has 0 bridgehead atoms. The number of piperazine rings is 1. The second-order valence-electron chi connectivity index (χ2n) is 8.98. The van der Waals surface area contributed by atoms with Crippen LogP contribution in [-0.2, 0) is 13.1 Å². The summed E-state index contributed by atoms with van der Waals surface area (Å²) in [5.41, 5.74) is 2.69. The number of aliphatic imine (C=N–C) groups is 1. The summed E-state index contributed by atoms with van der Waals surface area (Å²) in [7, 11) is 4.05. The first-order valence-electron chi connectivity index (χ1n) is 11.8. The summed E-state index contributed by atoms with van der Waals surface area (Å²) in [5, 5.41) is 6.91. The molecular weight excluding hydrogens is 372 g/mol. The number of hydrogen-bond donors (Lipinski definition) is 2. The van der Waals surface area contributed by atoms with E-state index in [-0.39, 0.29) is 0 Å². The third-order valence-electron chi connectivity index (χ3n) is 6.56. The maximum atomic E-state index is 4.37. The Balaban J connectivity index is 1.33. The molecule has 2 N–H and O–H groups in total. The van der Waals surface area contributed by atoms with Gasteiger partial charge in [-0.1, -0.05) is 30.7 Å². The second-order valence-corrected chi connectivity index (χ2v) is 8.98. The fraction of sp³-hybridized carbons (Fsp3) is 0.708. The number of piperidine rings is 1. The van der Waals surface area contributed by atoms with Crippen molar-refractivity contribution in [2.75, 3.05) is 59.9 Å². The van der Waals surface area contributed by atoms with Crippen LogP contribution in [0.15, 0.2) is 29.3 Å². The van der Waals surface area contributed by atoms with Gasteiger partial charge in [0.05, 0.1) is 0 Å². The summed E-state index contributed by atoms with van der Waals surface area (Å²) in [6.45, 7) is 12.3. The van der Waals surface area contributed by atoms with Crippen molar-refractivity contribution in [3.05, 3.63) is 35.4 Å². The molecule has 0 aliphatic carbocycles. The number of likely N-dealkylation sites (tertiary alicyclic amines) is 1. The summed E-state index contributed by atoms with van der Waals surface area (Å²) in [6.07, 6.45) is 5.26. The maximum Gasteiger partial charge on any atom is 0.191 e. The minimum atomic E-state index is 0.746. The molecule has 30 heavy (non-hydrogen) atoms. The Morgan fingerprint density at radius 1 is 1.00 bits per heavy atom. The molecular formula is C24H42N6. The van der Waals surface area contributed by atoms with Crippen molar-refractivity contribution < 1.29 is 0 Å². The lowest BCUT2D eigenvalue weighted by Gasteiger charge is -2.33. The molecule has 0 amide bonds. The van der Waals surface area contributed by atoms with Gasteiger partial charge in [-0.2, -0.15) is 0 Å². The van der Waals surface area contributed by atoms with Crippen LogP contribution in [0.25, 0.3) is 0 Å². The number of benzene rings is 1. The van der Waals surface area contributed by atoms with Crippen molar-refractivity contribution in [3.8, 4) is 0 Å². The lowest BCUT2D eigenvalue weighted by molar-refractivity contribution is 0.148. The Bertz CT molecular complexity index is 636. The molecule has 0 radical (unpaired) electrons. The van der Waals surface area contributed by atoms with Crippen molar-refractivity contribution >= 4 is 5.96 Å². The third-order valence-corrected chi connectivity index (χ3v) is 6.56. The molecule has 0 saturated carbocycles. The van der Waals surface area contributed by atoms with Gasteiger partial charge in [-0.25, -0.2) is 0 Å². The maximum absolute atomic E-state index is 4.37. The zero-order valence-electron chi connectivity index (χ0n) is 19.4. The Morgan fingerprint density at radius 3 is 2.43 bits per heavy atom. The number of likely N-dealkylation sites (N-methyl/N-ethyl adjacent to an activating group) is 1. The van der Waals surface area contributed by atoms with Crippen LogP contribution in [0.3, 0.4) is 0 Å². The molecule has 1 aromatic rings. The van der Waals surface area contributed by atoms with Gasteiger partial charge < -0.3 is 20.4 Å². The molecule has 3 rings (SSSR count). The van der Waals surface area contributed by atoms with E-state index < -0.39 is 0 Å². The SMILES string of the molecule is CN=C(NCCCN1CCCCC1C)NCc1ccc(CN2CCN(C)CC2)cc1. The fourth-order valence-corrected chi connectivity index (χ4v) is 4.41. The predicted octanol–water partition coefficient (Wildman–Crippen LogP) is 2.36. The zero-order valence-corrected chi connectivity index (χ0v) is 19.4. The van der Waals surface area contributed by atoms with Gasteiger partial charge >= 0.3 is 0 Å². The first-order valence-corrected chi connectivity index (χ1v) is 11.8. The van der Waals surface area contributed by atoms with E-state index in [0.29, 0.717) is 0 Å². The molecule has 0 spiro atoms. The number of guanidine groups is 1. The quantitative estimate of drug-likeness (QED) is 0.388. The number of hydrogen-bond acceptors (Lipinski definition) is 4. The highest BCUT2D eigenvalue weighted by atomic mass is 15.2. The Kier molecular flexibility index (Phi) is 9.43. The monoisotopic (exact) mass is 414 g/mol. The highest BCUT2D eigenvalue weighted by Gasteiger charge is 2.17. The van der Waals surface area contributed by atoms with E-state index in [9.17, 15) is 0 Å². The molecule has 2 aliphatic heterocycles. The lowest BCUT2D eigenvalue weighted by atomic mass is 10.0. The number of rotatable bonds is 8. The highest BCUT2D eigenvalue weighted by Crippen LogP contribution is 2.16. The molecule has 1 unspecified atom stereocenters. The normalized spacial score (nSPS) is 22.2. The van der Waals surface area contributed by atoms with E-state index in [1.807, 2.05) is 7.05 Å². The Hall–Kier alpha value is -1.63. The lowest BCUT2D eigenvalue weighted by Crippen LogP contribution is -2.43. The van der Waals surface area contributed by atoms with Gasteiger partial charge in [-0.15, -0.1) is 0 Å². The largest absolute Gasteiger partial charge is 0.356 e. The molecule has 0 aromatic heterocycles. The Labute approximate surface area is 183 Å². The van der Waals surface area contributed by atoms with Crippen molar-refractivity contribution in [1.82, 2.24) is 25.3 Å². The first-order chi connectivity index (χ1) is 14.6. The van der Waals surface area contributed by atoms with Gasteiger partial charge in [0.1, 0.15) is 0 Å². The van der Waals surface area contributed by atoms with Crippen molar-refractivity contribution in [1.29, 1.82) is 0 Å². The standard InChI is InChI=1S/C24H42N6/c1-21-7-4-5-13-30(21)14-6-12-26-24(25-2)27-19-22-8-10-23(11-9-22)20-29-17-15-28(3)16-18-29/h8-11,21H,4-7,12-20H2,1-3H3,(H2,25,26,27). The highest BCUT2D eigenvalue weighted by molar-refractivity contribution is 5.79. The predicted molar refractivity (Wildman–Crippen MR) is 127 cm³/mol. The van der Waals surface area contributed by atoms with E-state index in [1.165, 1.54) is 69.7 Å². The molecule has 6 heteroatoms. The summed E-state index contributed by atoms with van der Waals surface area (Å²) >= 11 is 0. The third kappa shape index (κ3) is 7.56. The molecule has 6 nitrogen and oxygen atoms in total. The molecule has 2 aliphatic rings. The number of nitrogens with zero attached hydrogens (tertiary/aromatic N) is 4. The zero-order chi connectivity index (χ0) is 21.2. The summed E-state index contributed by atoms with van der Waals surface area (Å²) < 4.78 is 0. The molecule has 2 saturated heterocycles. The van der Waals surface area contributed by atoms with Gasteiger partial charge in [-0.3, -0.25) is 9.89 Å². The van der Waals surface area contributed by atoms with Crippen LogP contribution >= 0.6 is 0 Å². The molecule has 168 valence electrons. The first kappa shape index (κ1) is 23.0. The van der Waals surface area contributed by atoms with E-state index in [2.05, 4.69) is 68.6 Å². The molecule has 2 fully saturated rings. The van der Waals surface area contributed by atoms with Crippen LogP contribution < -0.4 is 10.6 Å². The van der Waals surface area contributed by atoms with Crippen LogP contribution in [0, 0.1) is 0 Å². The molecule has 1 aromatic carbocycles. The van der Waals surface area contributed by atoms with Gasteiger partial charge in [0.25, 0.3) is 0 Å². The summed E-state index contributed by atoms with van der Waals surface area (Å²) in [6, 6.07) is 9.76. The second kappa shape index (κ2) is 12.3. The summed E-state index contributed by atoms with van der Waals surface area (Å²) in [5.74, 6) is 0.892. The van der Waals surface area contributed by atoms with E-state index in [4.69, 9.17) is 0 Å². The van der Waals surface area contributed by atoms with E-state index in [1.54, 1.807) is 0 Å². The van der Waals surface area contributed by atoms with Gasteiger partial charge in [0, 0.05) is 65.4 Å². The van der Waals surface area contributed by atoms with E-state index in [0.717, 1.165) is 38.1 Å². The van der Waals surface area contributed by atoms with Crippen molar-refractivity contribution in [2.45, 2.75) is 51.7 Å². The average molecular weight is 415 g/mol. The average Bonchev–Trinajstić information content (AvgIpc) is 2.77.